The number of carbonyl (C=O) groups is 1. The molecule has 1 aliphatic heterocycles. The molecule has 0 bridgehead atoms. The quantitative estimate of drug-likeness (QED) is 0.697. The van der Waals surface area contributed by atoms with Crippen LogP contribution >= 0.6 is 0 Å². The summed E-state index contributed by atoms with van der Waals surface area (Å²) >= 11 is 0. The van der Waals surface area contributed by atoms with Crippen LogP contribution in [0.15, 0.2) is 53.4 Å². The van der Waals surface area contributed by atoms with Crippen LogP contribution in [0.25, 0.3) is 0 Å². The first-order valence-corrected chi connectivity index (χ1v) is 11.8. The maximum Gasteiger partial charge on any atom is 0.243 e. The second-order valence-electron chi connectivity index (χ2n) is 7.88. The Morgan fingerprint density at radius 2 is 1.83 bits per heavy atom. The van der Waals surface area contributed by atoms with Crippen LogP contribution in [0.1, 0.15) is 37.3 Å². The topological polar surface area (TPSA) is 75.7 Å². The molecular formula is C23H30N2O4S. The number of nitrogens with one attached hydrogen (secondary N) is 1. The number of nitrogens with zero attached hydrogens (tertiary/aromatic N) is 1. The van der Waals surface area contributed by atoms with E-state index in [-0.39, 0.29) is 16.8 Å². The first kappa shape index (κ1) is 22.3. The van der Waals surface area contributed by atoms with Crippen molar-refractivity contribution in [1.29, 1.82) is 0 Å². The van der Waals surface area contributed by atoms with Gasteiger partial charge < -0.3 is 10.1 Å². The second-order valence-corrected chi connectivity index (χ2v) is 9.77. The average Bonchev–Trinajstić information content (AvgIpc) is 3.24. The molecule has 2 aromatic rings. The summed E-state index contributed by atoms with van der Waals surface area (Å²) in [5.74, 6) is 0.599. The summed E-state index contributed by atoms with van der Waals surface area (Å²) in [5.41, 5.74) is 2.16. The number of rotatable bonds is 8. The first-order chi connectivity index (χ1) is 14.3. The molecule has 1 heterocycles. The Balaban J connectivity index is 1.60. The predicted molar refractivity (Wildman–Crippen MR) is 117 cm³/mol. The summed E-state index contributed by atoms with van der Waals surface area (Å²) in [7, 11) is -2.05. The van der Waals surface area contributed by atoms with Crippen molar-refractivity contribution in [1.82, 2.24) is 9.62 Å². The molecule has 1 amide bonds. The summed E-state index contributed by atoms with van der Waals surface area (Å²) < 4.78 is 32.6. The number of methoxy groups -OCH3 is 1. The highest BCUT2D eigenvalue weighted by atomic mass is 32.2. The van der Waals surface area contributed by atoms with Gasteiger partial charge in [-0.25, -0.2) is 8.42 Å². The van der Waals surface area contributed by atoms with E-state index in [0.29, 0.717) is 19.4 Å². The van der Waals surface area contributed by atoms with Crippen LogP contribution in [-0.4, -0.2) is 44.4 Å². The van der Waals surface area contributed by atoms with E-state index < -0.39 is 16.1 Å². The van der Waals surface area contributed by atoms with E-state index in [1.54, 1.807) is 31.4 Å². The molecule has 7 heteroatoms. The lowest BCUT2D eigenvalue weighted by Crippen LogP contribution is -2.48. The standard InChI is InChI=1S/C23H30N2O4S/c1-17-6-14-21(15-7-17)30(27,28)25-16-4-5-22(25)23(26)24-18(2)8-9-19-10-12-20(29-3)13-11-19/h6-7,10-15,18,22H,4-5,8-9,16H2,1-3H3,(H,24,26)/t18?,22-/m0/s1. The zero-order chi connectivity index (χ0) is 21.7. The predicted octanol–water partition coefficient (Wildman–Crippen LogP) is 3.29. The molecule has 6 nitrogen and oxygen atoms in total. The van der Waals surface area contributed by atoms with Crippen molar-refractivity contribution in [3.8, 4) is 5.75 Å². The van der Waals surface area contributed by atoms with Crippen LogP contribution < -0.4 is 10.1 Å². The van der Waals surface area contributed by atoms with Gasteiger partial charge in [0, 0.05) is 12.6 Å². The third-order valence-electron chi connectivity index (χ3n) is 5.55. The van der Waals surface area contributed by atoms with E-state index in [2.05, 4.69) is 5.32 Å². The van der Waals surface area contributed by atoms with Crippen molar-refractivity contribution < 1.29 is 17.9 Å². The summed E-state index contributed by atoms with van der Waals surface area (Å²) in [6, 6.07) is 13.9. The molecule has 3 rings (SSSR count). The van der Waals surface area contributed by atoms with E-state index in [9.17, 15) is 13.2 Å². The van der Waals surface area contributed by atoms with Crippen LogP contribution in [0.2, 0.25) is 0 Å². The van der Waals surface area contributed by atoms with Gasteiger partial charge >= 0.3 is 0 Å². The lowest BCUT2D eigenvalue weighted by molar-refractivity contribution is -0.124. The van der Waals surface area contributed by atoms with Crippen LogP contribution in [0.4, 0.5) is 0 Å². The lowest BCUT2D eigenvalue weighted by atomic mass is 10.1. The van der Waals surface area contributed by atoms with E-state index in [4.69, 9.17) is 4.74 Å². The number of amides is 1. The van der Waals surface area contributed by atoms with Gasteiger partial charge in [-0.3, -0.25) is 4.79 Å². The van der Waals surface area contributed by atoms with Crippen molar-refractivity contribution in [2.45, 2.75) is 56.5 Å². The Hall–Kier alpha value is -2.38. The molecule has 1 unspecified atom stereocenters. The number of aryl methyl sites for hydroxylation is 2. The van der Waals surface area contributed by atoms with Gasteiger partial charge in [0.05, 0.1) is 12.0 Å². The zero-order valence-corrected chi connectivity index (χ0v) is 18.6. The Morgan fingerprint density at radius 1 is 1.17 bits per heavy atom. The minimum absolute atomic E-state index is 0.0517. The molecule has 30 heavy (non-hydrogen) atoms. The molecule has 1 fully saturated rings. The molecule has 1 aliphatic rings. The van der Waals surface area contributed by atoms with Gasteiger partial charge in [-0.1, -0.05) is 29.8 Å². The summed E-state index contributed by atoms with van der Waals surface area (Å²) in [5, 5.41) is 3.01. The molecular weight excluding hydrogens is 400 g/mol. The Morgan fingerprint density at radius 3 is 2.47 bits per heavy atom. The fourth-order valence-corrected chi connectivity index (χ4v) is 5.38. The molecule has 1 N–H and O–H groups in total. The number of ether oxygens (including phenoxy) is 1. The third-order valence-corrected chi connectivity index (χ3v) is 7.47. The highest BCUT2D eigenvalue weighted by Crippen LogP contribution is 2.26. The number of benzene rings is 2. The van der Waals surface area contributed by atoms with Crippen molar-refractivity contribution >= 4 is 15.9 Å². The number of sulfonamides is 1. The van der Waals surface area contributed by atoms with Crippen molar-refractivity contribution in [2.75, 3.05) is 13.7 Å². The Kier molecular flexibility index (Phi) is 7.15. The molecule has 0 spiro atoms. The van der Waals surface area contributed by atoms with Crippen molar-refractivity contribution in [3.63, 3.8) is 0 Å². The molecule has 0 aromatic heterocycles. The van der Waals surface area contributed by atoms with E-state index in [1.165, 1.54) is 9.87 Å². The number of carbonyl (C=O) groups excluding carboxylic acids is 1. The van der Waals surface area contributed by atoms with Gasteiger partial charge in [-0.15, -0.1) is 0 Å². The molecule has 2 atom stereocenters. The second kappa shape index (κ2) is 9.62. The van der Waals surface area contributed by atoms with Crippen molar-refractivity contribution in [2.24, 2.45) is 0 Å². The van der Waals surface area contributed by atoms with Gasteiger partial charge in [-0.05, 0) is 69.4 Å². The monoisotopic (exact) mass is 430 g/mol. The van der Waals surface area contributed by atoms with E-state index >= 15 is 0 Å². The van der Waals surface area contributed by atoms with Gasteiger partial charge in [0.25, 0.3) is 0 Å². The minimum Gasteiger partial charge on any atom is -0.497 e. The van der Waals surface area contributed by atoms with Gasteiger partial charge in [0.1, 0.15) is 11.8 Å². The normalized spacial score (nSPS) is 18.2. The van der Waals surface area contributed by atoms with Crippen LogP contribution in [-0.2, 0) is 21.2 Å². The highest BCUT2D eigenvalue weighted by Gasteiger charge is 2.39. The maximum atomic E-state index is 13.0. The van der Waals surface area contributed by atoms with Crippen LogP contribution in [0.3, 0.4) is 0 Å². The largest absolute Gasteiger partial charge is 0.497 e. The number of hydrogen-bond acceptors (Lipinski definition) is 4. The van der Waals surface area contributed by atoms with E-state index in [0.717, 1.165) is 24.2 Å². The summed E-state index contributed by atoms with van der Waals surface area (Å²) in [4.78, 5) is 13.1. The molecule has 0 aliphatic carbocycles. The molecule has 1 saturated heterocycles. The van der Waals surface area contributed by atoms with E-state index in [1.807, 2.05) is 38.1 Å². The smallest absolute Gasteiger partial charge is 0.243 e. The highest BCUT2D eigenvalue weighted by molar-refractivity contribution is 7.89. The Labute approximate surface area is 179 Å². The van der Waals surface area contributed by atoms with Gasteiger partial charge in [0.2, 0.25) is 15.9 Å². The van der Waals surface area contributed by atoms with Crippen LogP contribution in [0, 0.1) is 6.92 Å². The summed E-state index contributed by atoms with van der Waals surface area (Å²) in [6.45, 7) is 4.24. The number of hydrogen-bond donors (Lipinski definition) is 1. The first-order valence-electron chi connectivity index (χ1n) is 10.3. The maximum absolute atomic E-state index is 13.0. The molecule has 0 radical (unpaired) electrons. The van der Waals surface area contributed by atoms with Gasteiger partial charge in [0.15, 0.2) is 0 Å². The van der Waals surface area contributed by atoms with Crippen LogP contribution in [0.5, 0.6) is 5.75 Å². The minimum atomic E-state index is -3.69. The SMILES string of the molecule is COc1ccc(CCC(C)NC(=O)[C@@H]2CCCN2S(=O)(=O)c2ccc(C)cc2)cc1. The fraction of sp³-hybridized carbons (Fsp3) is 0.435. The molecule has 0 saturated carbocycles. The average molecular weight is 431 g/mol. The zero-order valence-electron chi connectivity index (χ0n) is 17.8. The lowest BCUT2D eigenvalue weighted by Gasteiger charge is -2.25. The van der Waals surface area contributed by atoms with Gasteiger partial charge in [-0.2, -0.15) is 4.31 Å². The molecule has 162 valence electrons. The Bertz CT molecular complexity index is 956. The molecule has 2 aromatic carbocycles. The van der Waals surface area contributed by atoms with Crippen molar-refractivity contribution in [3.05, 3.63) is 59.7 Å². The summed E-state index contributed by atoms with van der Waals surface area (Å²) in [6.07, 6.45) is 2.82. The fourth-order valence-electron chi connectivity index (χ4n) is 3.72. The third kappa shape index (κ3) is 5.21.